The maximum absolute atomic E-state index is 12.7. The maximum Gasteiger partial charge on any atom is 0.332 e. The number of nitrogens with zero attached hydrogens (tertiary/aromatic N) is 4. The molecule has 1 aromatic carbocycles. The molecule has 10 nitrogen and oxygen atoms in total. The number of aryl methyl sites for hydroxylation is 3. The Balaban J connectivity index is 1.92. The molecule has 0 saturated carbocycles. The van der Waals surface area contributed by atoms with Crippen LogP contribution in [-0.4, -0.2) is 54.8 Å². The van der Waals surface area contributed by atoms with E-state index in [1.807, 2.05) is 32.0 Å². The summed E-state index contributed by atoms with van der Waals surface area (Å²) in [6, 6.07) is 5.68. The van der Waals surface area contributed by atoms with Gasteiger partial charge in [-0.1, -0.05) is 6.07 Å². The lowest BCUT2D eigenvalue weighted by atomic mass is 10.1. The molecule has 0 spiro atoms. The lowest BCUT2D eigenvalue weighted by Crippen LogP contribution is -2.38. The van der Waals surface area contributed by atoms with Crippen molar-refractivity contribution in [2.24, 2.45) is 14.1 Å². The van der Waals surface area contributed by atoms with Gasteiger partial charge in [0.25, 0.3) is 5.56 Å². The van der Waals surface area contributed by atoms with Gasteiger partial charge >= 0.3 is 5.69 Å². The lowest BCUT2D eigenvalue weighted by Gasteiger charge is -2.16. The van der Waals surface area contributed by atoms with Crippen LogP contribution in [0.1, 0.15) is 11.1 Å². The highest BCUT2D eigenvalue weighted by Gasteiger charge is 2.21. The van der Waals surface area contributed by atoms with Crippen molar-refractivity contribution in [3.63, 3.8) is 0 Å². The first-order valence-corrected chi connectivity index (χ1v) is 9.63. The molecule has 3 rings (SSSR count). The van der Waals surface area contributed by atoms with Gasteiger partial charge in [-0.3, -0.25) is 13.9 Å². The number of imidazole rings is 1. The van der Waals surface area contributed by atoms with Crippen LogP contribution < -0.4 is 21.3 Å². The molecule has 0 fully saturated rings. The zero-order valence-electron chi connectivity index (χ0n) is 17.5. The normalized spacial score (nSPS) is 12.3. The fourth-order valence-electron chi connectivity index (χ4n) is 3.19. The van der Waals surface area contributed by atoms with E-state index in [9.17, 15) is 14.7 Å². The Labute approximate surface area is 173 Å². The van der Waals surface area contributed by atoms with Crippen LogP contribution >= 0.6 is 0 Å². The Kier molecular flexibility index (Phi) is 6.28. The van der Waals surface area contributed by atoms with Crippen molar-refractivity contribution in [3.8, 4) is 5.75 Å². The molecule has 0 aliphatic rings. The predicted octanol–water partition coefficient (Wildman–Crippen LogP) is -0.105. The second-order valence-corrected chi connectivity index (χ2v) is 7.29. The van der Waals surface area contributed by atoms with Gasteiger partial charge in [-0.2, -0.15) is 4.98 Å². The standard InChI is InChI=1S/C20H27N5O5/c1-12-5-6-15(9-13(12)2)30-11-14(27)10-25-16-17(22-19(25)21-7-8-26)23(3)20(29)24(4)18(16)28/h5-6,9,14,26-27H,7-8,10-11H2,1-4H3,(H,21,22)/t14-/m0/s1. The van der Waals surface area contributed by atoms with Crippen molar-refractivity contribution in [3.05, 3.63) is 50.2 Å². The molecular weight excluding hydrogens is 390 g/mol. The summed E-state index contributed by atoms with van der Waals surface area (Å²) in [6.45, 7) is 4.07. The van der Waals surface area contributed by atoms with Crippen LogP contribution in [0.25, 0.3) is 11.2 Å². The number of nitrogens with one attached hydrogen (secondary N) is 1. The minimum absolute atomic E-state index is 0.00763. The number of aliphatic hydroxyl groups is 2. The van der Waals surface area contributed by atoms with Crippen molar-refractivity contribution in [1.82, 2.24) is 18.7 Å². The molecule has 0 aliphatic carbocycles. The molecule has 162 valence electrons. The molecule has 0 aliphatic heterocycles. The summed E-state index contributed by atoms with van der Waals surface area (Å²) in [5.41, 5.74) is 1.61. The lowest BCUT2D eigenvalue weighted by molar-refractivity contribution is 0.0937. The van der Waals surface area contributed by atoms with Crippen LogP contribution in [-0.2, 0) is 20.6 Å². The van der Waals surface area contributed by atoms with E-state index in [-0.39, 0.29) is 43.4 Å². The molecule has 10 heteroatoms. The van der Waals surface area contributed by atoms with E-state index < -0.39 is 17.4 Å². The van der Waals surface area contributed by atoms with Crippen LogP contribution in [0.15, 0.2) is 27.8 Å². The Morgan fingerprint density at radius 3 is 2.57 bits per heavy atom. The number of fused-ring (bicyclic) bond motifs is 1. The van der Waals surface area contributed by atoms with Gasteiger partial charge in [0.1, 0.15) is 18.5 Å². The fourth-order valence-corrected chi connectivity index (χ4v) is 3.19. The van der Waals surface area contributed by atoms with E-state index in [1.54, 1.807) is 0 Å². The summed E-state index contributed by atoms with van der Waals surface area (Å²) in [6.07, 6.45) is -0.944. The summed E-state index contributed by atoms with van der Waals surface area (Å²) < 4.78 is 9.48. The first kappa shape index (κ1) is 21.6. The van der Waals surface area contributed by atoms with Gasteiger partial charge in [-0.25, -0.2) is 4.79 Å². The van der Waals surface area contributed by atoms with Crippen molar-refractivity contribution in [2.45, 2.75) is 26.5 Å². The molecule has 0 amide bonds. The third-order valence-corrected chi connectivity index (χ3v) is 5.06. The third-order valence-electron chi connectivity index (χ3n) is 5.06. The fraction of sp³-hybridized carbons (Fsp3) is 0.450. The van der Waals surface area contributed by atoms with E-state index in [0.717, 1.165) is 15.7 Å². The van der Waals surface area contributed by atoms with Crippen LogP contribution in [0.4, 0.5) is 5.95 Å². The average molecular weight is 417 g/mol. The molecule has 0 saturated heterocycles. The molecule has 0 bridgehead atoms. The Morgan fingerprint density at radius 1 is 1.17 bits per heavy atom. The van der Waals surface area contributed by atoms with Crippen LogP contribution in [0, 0.1) is 13.8 Å². The third kappa shape index (κ3) is 4.10. The van der Waals surface area contributed by atoms with Crippen molar-refractivity contribution in [1.29, 1.82) is 0 Å². The number of benzene rings is 1. The average Bonchev–Trinajstić information content (AvgIpc) is 3.08. The number of aromatic nitrogens is 4. The molecule has 0 unspecified atom stereocenters. The number of hydrogen-bond acceptors (Lipinski definition) is 7. The summed E-state index contributed by atoms with van der Waals surface area (Å²) in [5.74, 6) is 0.923. The molecule has 2 aromatic heterocycles. The van der Waals surface area contributed by atoms with E-state index in [2.05, 4.69) is 10.3 Å². The van der Waals surface area contributed by atoms with Gasteiger partial charge in [0, 0.05) is 20.6 Å². The summed E-state index contributed by atoms with van der Waals surface area (Å²) >= 11 is 0. The number of aliphatic hydroxyl groups excluding tert-OH is 2. The first-order chi connectivity index (χ1) is 14.2. The van der Waals surface area contributed by atoms with Gasteiger partial charge in [-0.15, -0.1) is 0 Å². The van der Waals surface area contributed by atoms with Gasteiger partial charge in [0.15, 0.2) is 11.2 Å². The quantitative estimate of drug-likeness (QED) is 0.467. The number of hydrogen-bond donors (Lipinski definition) is 3. The maximum atomic E-state index is 12.7. The zero-order valence-corrected chi connectivity index (χ0v) is 17.5. The number of ether oxygens (including phenoxy) is 1. The van der Waals surface area contributed by atoms with Gasteiger partial charge in [-0.05, 0) is 37.1 Å². The van der Waals surface area contributed by atoms with Gasteiger partial charge in [0.05, 0.1) is 13.2 Å². The van der Waals surface area contributed by atoms with Crippen molar-refractivity contribution < 1.29 is 14.9 Å². The zero-order chi connectivity index (χ0) is 22.0. The van der Waals surface area contributed by atoms with E-state index >= 15 is 0 Å². The second kappa shape index (κ2) is 8.72. The molecule has 1 atom stereocenters. The van der Waals surface area contributed by atoms with Crippen LogP contribution in [0.5, 0.6) is 5.75 Å². The second-order valence-electron chi connectivity index (χ2n) is 7.29. The highest BCUT2D eigenvalue weighted by atomic mass is 16.5. The van der Waals surface area contributed by atoms with E-state index in [1.165, 1.54) is 23.2 Å². The topological polar surface area (TPSA) is 124 Å². The SMILES string of the molecule is Cc1ccc(OC[C@@H](O)Cn2c(NCCO)nc3c2c(=O)n(C)c(=O)n3C)cc1C. The summed E-state index contributed by atoms with van der Waals surface area (Å²) in [5, 5.41) is 22.6. The smallest absolute Gasteiger partial charge is 0.332 e. The molecule has 0 radical (unpaired) electrons. The van der Waals surface area contributed by atoms with Crippen molar-refractivity contribution >= 4 is 17.1 Å². The molecule has 30 heavy (non-hydrogen) atoms. The molecule has 3 aromatic rings. The predicted molar refractivity (Wildman–Crippen MR) is 113 cm³/mol. The van der Waals surface area contributed by atoms with Crippen molar-refractivity contribution in [2.75, 3.05) is 25.1 Å². The summed E-state index contributed by atoms with van der Waals surface area (Å²) in [7, 11) is 2.91. The molecule has 2 heterocycles. The Hall–Kier alpha value is -3.11. The Morgan fingerprint density at radius 2 is 1.90 bits per heavy atom. The number of rotatable bonds is 8. The van der Waals surface area contributed by atoms with Gasteiger partial charge in [0.2, 0.25) is 5.95 Å². The largest absolute Gasteiger partial charge is 0.491 e. The van der Waals surface area contributed by atoms with Gasteiger partial charge < -0.3 is 24.8 Å². The van der Waals surface area contributed by atoms with E-state index in [0.29, 0.717) is 5.75 Å². The molecular formula is C20H27N5O5. The monoisotopic (exact) mass is 417 g/mol. The summed E-state index contributed by atoms with van der Waals surface area (Å²) in [4.78, 5) is 29.3. The first-order valence-electron chi connectivity index (χ1n) is 9.63. The number of anilines is 1. The minimum atomic E-state index is -0.944. The minimum Gasteiger partial charge on any atom is -0.491 e. The van der Waals surface area contributed by atoms with E-state index in [4.69, 9.17) is 9.84 Å². The Bertz CT molecular complexity index is 1180. The van der Waals surface area contributed by atoms with Crippen LogP contribution in [0.2, 0.25) is 0 Å². The highest BCUT2D eigenvalue weighted by Crippen LogP contribution is 2.18. The highest BCUT2D eigenvalue weighted by molar-refractivity contribution is 5.74. The molecule has 3 N–H and O–H groups in total. The van der Waals surface area contributed by atoms with Crippen LogP contribution in [0.3, 0.4) is 0 Å².